The Morgan fingerprint density at radius 1 is 1.04 bits per heavy atom. The summed E-state index contributed by atoms with van der Waals surface area (Å²) < 4.78 is 0. The van der Waals surface area contributed by atoms with E-state index < -0.39 is 0 Å². The lowest BCUT2D eigenvalue weighted by Gasteiger charge is -2.26. The first kappa shape index (κ1) is 19.1. The monoisotopic (exact) mass is 379 g/mol. The minimum atomic E-state index is -0.207. The topological polar surface area (TPSA) is 65.5 Å². The van der Waals surface area contributed by atoms with Crippen LogP contribution >= 0.6 is 0 Å². The smallest absolute Gasteiger partial charge is 0.251 e. The summed E-state index contributed by atoms with van der Waals surface area (Å²) in [5.41, 5.74) is 3.86. The molecule has 2 N–H and O–H groups in total. The maximum atomic E-state index is 12.5. The molecule has 1 aromatic heterocycles. The zero-order valence-electron chi connectivity index (χ0n) is 16.3. The van der Waals surface area contributed by atoms with Gasteiger partial charge in [-0.15, -0.1) is 0 Å². The van der Waals surface area contributed by atoms with Gasteiger partial charge in [-0.3, -0.25) is 14.7 Å². The lowest BCUT2D eigenvalue weighted by atomic mass is 9.93. The van der Waals surface area contributed by atoms with Crippen LogP contribution in [0.4, 0.5) is 0 Å². The van der Waals surface area contributed by atoms with Crippen LogP contribution in [0.1, 0.15) is 54.4 Å². The molecule has 0 bridgehead atoms. The quantitative estimate of drug-likeness (QED) is 0.836. The van der Waals surface area contributed by atoms with Crippen molar-refractivity contribution in [1.82, 2.24) is 15.2 Å². The molecule has 2 heterocycles. The van der Waals surface area contributed by atoms with Crippen molar-refractivity contribution in [1.29, 1.82) is 0 Å². The van der Waals surface area contributed by atoms with E-state index in [1.54, 1.807) is 0 Å². The van der Waals surface area contributed by atoms with E-state index in [0.717, 1.165) is 43.5 Å². The van der Waals surface area contributed by atoms with E-state index in [-0.39, 0.29) is 18.1 Å². The Morgan fingerprint density at radius 2 is 1.75 bits per heavy atom. The highest BCUT2D eigenvalue weighted by Gasteiger charge is 2.21. The molecule has 2 aliphatic rings. The fraction of sp³-hybridized carbons (Fsp3) is 0.478. The van der Waals surface area contributed by atoms with E-state index in [9.17, 15) is 9.90 Å². The molecule has 4 rings (SSSR count). The van der Waals surface area contributed by atoms with Crippen LogP contribution < -0.4 is 5.32 Å². The number of nitrogens with one attached hydrogen (secondary N) is 1. The predicted octanol–water partition coefficient (Wildman–Crippen LogP) is 3.38. The van der Waals surface area contributed by atoms with E-state index in [1.165, 1.54) is 31.5 Å². The first-order valence-electron chi connectivity index (χ1n) is 10.4. The van der Waals surface area contributed by atoms with Gasteiger partial charge in [-0.2, -0.15) is 0 Å². The molecule has 1 aliphatic carbocycles. The Balaban J connectivity index is 1.35. The second-order valence-corrected chi connectivity index (χ2v) is 8.09. The molecule has 1 saturated heterocycles. The summed E-state index contributed by atoms with van der Waals surface area (Å²) >= 11 is 0. The first-order chi connectivity index (χ1) is 13.7. The van der Waals surface area contributed by atoms with Crippen LogP contribution in [-0.2, 0) is 6.54 Å². The summed E-state index contributed by atoms with van der Waals surface area (Å²) in [6.07, 6.45) is 7.58. The lowest BCUT2D eigenvalue weighted by Crippen LogP contribution is -2.38. The Morgan fingerprint density at radius 3 is 2.39 bits per heavy atom. The van der Waals surface area contributed by atoms with Gasteiger partial charge in [0.15, 0.2) is 0 Å². The molecule has 0 atom stereocenters. The summed E-state index contributed by atoms with van der Waals surface area (Å²) in [5, 5.41) is 12.7. The second kappa shape index (κ2) is 8.84. The molecular formula is C23H29N3O2. The average molecular weight is 380 g/mol. The first-order valence-corrected chi connectivity index (χ1v) is 10.4. The number of aliphatic hydroxyl groups excluding tert-OH is 1. The number of hydrogen-bond donors (Lipinski definition) is 2. The van der Waals surface area contributed by atoms with Crippen LogP contribution in [0.2, 0.25) is 0 Å². The fourth-order valence-electron chi connectivity index (χ4n) is 4.17. The van der Waals surface area contributed by atoms with Crippen LogP contribution in [0.5, 0.6) is 0 Å². The molecule has 0 radical (unpaired) electrons. The van der Waals surface area contributed by atoms with E-state index in [2.05, 4.69) is 27.3 Å². The molecule has 1 saturated carbocycles. The molecule has 1 aliphatic heterocycles. The van der Waals surface area contributed by atoms with E-state index in [4.69, 9.17) is 0 Å². The second-order valence-electron chi connectivity index (χ2n) is 8.09. The van der Waals surface area contributed by atoms with Gasteiger partial charge in [0.1, 0.15) is 0 Å². The number of pyridine rings is 1. The summed E-state index contributed by atoms with van der Waals surface area (Å²) in [5.74, 6) is -0.0399. The zero-order valence-corrected chi connectivity index (χ0v) is 16.3. The molecule has 1 amide bonds. The van der Waals surface area contributed by atoms with Crippen molar-refractivity contribution in [3.8, 4) is 11.3 Å². The largest absolute Gasteiger partial charge is 0.393 e. The minimum absolute atomic E-state index is 0.0399. The number of carbonyl (C=O) groups is 1. The van der Waals surface area contributed by atoms with Gasteiger partial charge in [-0.25, -0.2) is 0 Å². The summed E-state index contributed by atoms with van der Waals surface area (Å²) in [6, 6.07) is 12.0. The van der Waals surface area contributed by atoms with Gasteiger partial charge in [0.25, 0.3) is 5.91 Å². The van der Waals surface area contributed by atoms with Crippen molar-refractivity contribution >= 4 is 5.91 Å². The summed E-state index contributed by atoms with van der Waals surface area (Å²) in [7, 11) is 0. The van der Waals surface area contributed by atoms with Crippen LogP contribution in [0.25, 0.3) is 11.3 Å². The molecule has 5 nitrogen and oxygen atoms in total. The minimum Gasteiger partial charge on any atom is -0.393 e. The van der Waals surface area contributed by atoms with Crippen molar-refractivity contribution in [3.05, 3.63) is 53.7 Å². The van der Waals surface area contributed by atoms with E-state index >= 15 is 0 Å². The van der Waals surface area contributed by atoms with Gasteiger partial charge in [-0.1, -0.05) is 18.2 Å². The number of aromatic nitrogens is 1. The van der Waals surface area contributed by atoms with Crippen LogP contribution in [0, 0.1) is 0 Å². The highest BCUT2D eigenvalue weighted by molar-refractivity contribution is 5.94. The van der Waals surface area contributed by atoms with Crippen molar-refractivity contribution in [2.75, 3.05) is 13.1 Å². The summed E-state index contributed by atoms with van der Waals surface area (Å²) in [6.45, 7) is 3.35. The number of hydrogen-bond acceptors (Lipinski definition) is 4. The molecule has 28 heavy (non-hydrogen) atoms. The molecule has 0 spiro atoms. The van der Waals surface area contributed by atoms with Gasteiger partial charge in [0, 0.05) is 29.9 Å². The molecular weight excluding hydrogens is 350 g/mol. The van der Waals surface area contributed by atoms with Crippen LogP contribution in [0.3, 0.4) is 0 Å². The molecule has 0 unspecified atom stereocenters. The number of rotatable bonds is 5. The van der Waals surface area contributed by atoms with Gasteiger partial charge in [0.2, 0.25) is 0 Å². The third-order valence-corrected chi connectivity index (χ3v) is 5.90. The normalized spacial score (nSPS) is 22.9. The zero-order chi connectivity index (χ0) is 19.3. The lowest BCUT2D eigenvalue weighted by molar-refractivity contribution is 0.0867. The number of benzene rings is 1. The Labute approximate surface area is 166 Å². The van der Waals surface area contributed by atoms with Gasteiger partial charge in [-0.05, 0) is 75.4 Å². The number of carbonyl (C=O) groups excluding carboxylic acids is 1. The van der Waals surface area contributed by atoms with Gasteiger partial charge >= 0.3 is 0 Å². The molecule has 5 heteroatoms. The summed E-state index contributed by atoms with van der Waals surface area (Å²) in [4.78, 5) is 19.5. The number of likely N-dealkylation sites (tertiary alicyclic amines) is 1. The highest BCUT2D eigenvalue weighted by Crippen LogP contribution is 2.21. The number of amides is 1. The molecule has 2 fully saturated rings. The van der Waals surface area contributed by atoms with E-state index in [0.29, 0.717) is 5.56 Å². The maximum Gasteiger partial charge on any atom is 0.251 e. The van der Waals surface area contributed by atoms with Crippen molar-refractivity contribution in [2.45, 2.75) is 57.2 Å². The Hall–Kier alpha value is -2.24. The van der Waals surface area contributed by atoms with Crippen molar-refractivity contribution < 1.29 is 9.90 Å². The predicted molar refractivity (Wildman–Crippen MR) is 110 cm³/mol. The molecule has 2 aromatic rings. The average Bonchev–Trinajstić information content (AvgIpc) is 3.23. The van der Waals surface area contributed by atoms with E-state index in [1.807, 2.05) is 30.5 Å². The Bertz CT molecular complexity index is 774. The molecule has 1 aromatic carbocycles. The Kier molecular flexibility index (Phi) is 6.03. The maximum absolute atomic E-state index is 12.5. The third-order valence-electron chi connectivity index (χ3n) is 5.90. The van der Waals surface area contributed by atoms with Crippen molar-refractivity contribution in [3.63, 3.8) is 0 Å². The number of aliphatic hydroxyl groups is 1. The number of nitrogens with zero attached hydrogens (tertiary/aromatic N) is 2. The van der Waals surface area contributed by atoms with Crippen LogP contribution in [-0.4, -0.2) is 46.1 Å². The SMILES string of the molecule is O=C(NC1CCC(O)CC1)c1ccc(-c2ccc(CN3CCCC3)cn2)cc1. The van der Waals surface area contributed by atoms with Crippen molar-refractivity contribution in [2.24, 2.45) is 0 Å². The highest BCUT2D eigenvalue weighted by atomic mass is 16.3. The van der Waals surface area contributed by atoms with Gasteiger partial charge < -0.3 is 10.4 Å². The standard InChI is InChI=1S/C23H29N3O2/c27-21-10-8-20(9-11-21)25-23(28)19-6-4-18(5-7-19)22-12-3-17(15-24-22)16-26-13-1-2-14-26/h3-7,12,15,20-21,27H,1-2,8-11,13-14,16H2,(H,25,28). The van der Waals surface area contributed by atoms with Gasteiger partial charge in [0.05, 0.1) is 11.8 Å². The fourth-order valence-corrected chi connectivity index (χ4v) is 4.17. The third kappa shape index (κ3) is 4.78. The van der Waals surface area contributed by atoms with Crippen LogP contribution in [0.15, 0.2) is 42.6 Å². The molecule has 148 valence electrons.